The molecule has 24 heavy (non-hydrogen) atoms. The minimum Gasteiger partial charge on any atom is -0.478 e. The van der Waals surface area contributed by atoms with Crippen molar-refractivity contribution < 1.29 is 13.9 Å². The molecule has 0 aliphatic rings. The van der Waals surface area contributed by atoms with Gasteiger partial charge in [0.25, 0.3) is 0 Å². The summed E-state index contributed by atoms with van der Waals surface area (Å²) < 4.78 is 20.9. The summed E-state index contributed by atoms with van der Waals surface area (Å²) in [7, 11) is 1.78. The van der Waals surface area contributed by atoms with Crippen molar-refractivity contribution in [3.05, 3.63) is 48.2 Å². The Morgan fingerprint density at radius 3 is 2.75 bits per heavy atom. The molecule has 3 aromatic rings. The zero-order chi connectivity index (χ0) is 17.1. The van der Waals surface area contributed by atoms with Crippen molar-refractivity contribution in [3.63, 3.8) is 0 Å². The largest absolute Gasteiger partial charge is 0.478 e. The van der Waals surface area contributed by atoms with E-state index in [1.807, 2.05) is 6.92 Å². The van der Waals surface area contributed by atoms with Crippen LogP contribution in [0, 0.1) is 5.82 Å². The van der Waals surface area contributed by atoms with E-state index >= 15 is 0 Å². The predicted octanol–water partition coefficient (Wildman–Crippen LogP) is 2.89. The maximum absolute atomic E-state index is 13.8. The van der Waals surface area contributed by atoms with Gasteiger partial charge in [0.1, 0.15) is 17.8 Å². The van der Waals surface area contributed by atoms with Crippen LogP contribution in [-0.2, 0) is 7.05 Å². The second-order valence-corrected chi connectivity index (χ2v) is 5.13. The van der Waals surface area contributed by atoms with Crippen molar-refractivity contribution >= 4 is 6.29 Å². The fourth-order valence-corrected chi connectivity index (χ4v) is 2.44. The maximum Gasteiger partial charge on any atom is 0.214 e. The molecule has 0 saturated carbocycles. The minimum absolute atomic E-state index is 0.240. The molecule has 6 nitrogen and oxygen atoms in total. The van der Waals surface area contributed by atoms with Crippen molar-refractivity contribution in [2.75, 3.05) is 6.61 Å². The van der Waals surface area contributed by atoms with Crippen LogP contribution >= 0.6 is 0 Å². The molecule has 2 heterocycles. The number of halogens is 1. The molecule has 0 aliphatic carbocycles. The molecule has 0 N–H and O–H groups in total. The van der Waals surface area contributed by atoms with Gasteiger partial charge in [-0.25, -0.2) is 9.37 Å². The molecular formula is C17H15FN4O2. The molecule has 1 aromatic carbocycles. The predicted molar refractivity (Wildman–Crippen MR) is 86.2 cm³/mol. The molecule has 0 radical (unpaired) electrons. The van der Waals surface area contributed by atoms with Gasteiger partial charge >= 0.3 is 0 Å². The standard InChI is InChI=1S/C17H15FN4O2/c1-3-24-16-7-11(6-13(9-23)20-16)14-5-4-12(18)8-15(14)17-21-19-10-22(17)2/h4-10H,3H2,1-2H3. The van der Waals surface area contributed by atoms with Gasteiger partial charge < -0.3 is 9.30 Å². The van der Waals surface area contributed by atoms with E-state index < -0.39 is 0 Å². The van der Waals surface area contributed by atoms with Crippen LogP contribution in [0.25, 0.3) is 22.5 Å². The van der Waals surface area contributed by atoms with Crippen molar-refractivity contribution in [1.29, 1.82) is 0 Å². The first-order valence-electron chi connectivity index (χ1n) is 7.36. The third kappa shape index (κ3) is 3.01. The third-order valence-corrected chi connectivity index (χ3v) is 3.48. The summed E-state index contributed by atoms with van der Waals surface area (Å²) >= 11 is 0. The molecule has 0 amide bonds. The summed E-state index contributed by atoms with van der Waals surface area (Å²) in [5, 5.41) is 7.89. The summed E-state index contributed by atoms with van der Waals surface area (Å²) in [5.74, 6) is 0.476. The fraction of sp³-hybridized carbons (Fsp3) is 0.176. The number of carbonyl (C=O) groups is 1. The molecule has 122 valence electrons. The van der Waals surface area contributed by atoms with Crippen LogP contribution in [0.3, 0.4) is 0 Å². The average molecular weight is 326 g/mol. The zero-order valence-corrected chi connectivity index (χ0v) is 13.2. The Kier molecular flexibility index (Phi) is 4.33. The number of aromatic nitrogens is 4. The maximum atomic E-state index is 13.8. The molecule has 0 unspecified atom stereocenters. The number of hydrogen-bond donors (Lipinski definition) is 0. The van der Waals surface area contributed by atoms with E-state index in [-0.39, 0.29) is 11.5 Å². The highest BCUT2D eigenvalue weighted by atomic mass is 19.1. The van der Waals surface area contributed by atoms with Crippen LogP contribution in [0.1, 0.15) is 17.4 Å². The van der Waals surface area contributed by atoms with Gasteiger partial charge in [-0.05, 0) is 36.2 Å². The van der Waals surface area contributed by atoms with Gasteiger partial charge in [-0.1, -0.05) is 6.07 Å². The van der Waals surface area contributed by atoms with Crippen LogP contribution in [0.2, 0.25) is 0 Å². The molecule has 3 rings (SSSR count). The number of aryl methyl sites for hydroxylation is 1. The Morgan fingerprint density at radius 1 is 1.25 bits per heavy atom. The van der Waals surface area contributed by atoms with Crippen LogP contribution < -0.4 is 4.74 Å². The monoisotopic (exact) mass is 326 g/mol. The van der Waals surface area contributed by atoms with E-state index in [0.29, 0.717) is 41.3 Å². The second-order valence-electron chi connectivity index (χ2n) is 5.13. The Hall–Kier alpha value is -3.09. The van der Waals surface area contributed by atoms with Gasteiger partial charge in [0.2, 0.25) is 5.88 Å². The van der Waals surface area contributed by atoms with Crippen LogP contribution in [0.5, 0.6) is 5.88 Å². The molecule has 7 heteroatoms. The minimum atomic E-state index is -0.383. The van der Waals surface area contributed by atoms with Gasteiger partial charge in [0.15, 0.2) is 12.1 Å². The smallest absolute Gasteiger partial charge is 0.214 e. The van der Waals surface area contributed by atoms with Gasteiger partial charge in [0, 0.05) is 18.7 Å². The van der Waals surface area contributed by atoms with E-state index in [1.165, 1.54) is 12.1 Å². The number of carbonyl (C=O) groups excluding carboxylic acids is 1. The molecule has 0 saturated heterocycles. The van der Waals surface area contributed by atoms with Crippen LogP contribution in [0.4, 0.5) is 4.39 Å². The van der Waals surface area contributed by atoms with Gasteiger partial charge in [-0.15, -0.1) is 10.2 Å². The number of rotatable bonds is 5. The van der Waals surface area contributed by atoms with Crippen molar-refractivity contribution in [2.24, 2.45) is 7.05 Å². The lowest BCUT2D eigenvalue weighted by atomic mass is 9.99. The highest BCUT2D eigenvalue weighted by Crippen LogP contribution is 2.33. The quantitative estimate of drug-likeness (QED) is 0.674. The number of benzene rings is 1. The lowest BCUT2D eigenvalue weighted by Crippen LogP contribution is -1.99. The Balaban J connectivity index is 2.21. The summed E-state index contributed by atoms with van der Waals surface area (Å²) in [4.78, 5) is 15.3. The first-order valence-corrected chi connectivity index (χ1v) is 7.36. The molecule has 2 aromatic heterocycles. The van der Waals surface area contributed by atoms with Crippen molar-refractivity contribution in [2.45, 2.75) is 6.92 Å². The normalized spacial score (nSPS) is 10.6. The highest BCUT2D eigenvalue weighted by Gasteiger charge is 2.15. The number of hydrogen-bond acceptors (Lipinski definition) is 5. The number of nitrogens with zero attached hydrogens (tertiary/aromatic N) is 4. The SMILES string of the molecule is CCOc1cc(-c2ccc(F)cc2-c2nncn2C)cc(C=O)n1. The Morgan fingerprint density at radius 2 is 2.08 bits per heavy atom. The molecular weight excluding hydrogens is 311 g/mol. The topological polar surface area (TPSA) is 69.9 Å². The summed E-state index contributed by atoms with van der Waals surface area (Å²) in [6.45, 7) is 2.26. The zero-order valence-electron chi connectivity index (χ0n) is 13.2. The molecule has 0 fully saturated rings. The average Bonchev–Trinajstić information content (AvgIpc) is 3.00. The van der Waals surface area contributed by atoms with E-state index in [4.69, 9.17) is 4.74 Å². The number of pyridine rings is 1. The van der Waals surface area contributed by atoms with Crippen molar-refractivity contribution in [1.82, 2.24) is 19.7 Å². The lowest BCUT2D eigenvalue weighted by Gasteiger charge is -2.11. The van der Waals surface area contributed by atoms with E-state index in [1.54, 1.807) is 36.1 Å². The highest BCUT2D eigenvalue weighted by molar-refractivity contribution is 5.84. The van der Waals surface area contributed by atoms with E-state index in [9.17, 15) is 9.18 Å². The molecule has 0 bridgehead atoms. The first-order chi connectivity index (χ1) is 11.6. The summed E-state index contributed by atoms with van der Waals surface area (Å²) in [5.41, 5.74) is 2.21. The molecule has 0 atom stereocenters. The third-order valence-electron chi connectivity index (χ3n) is 3.48. The number of aldehydes is 1. The first kappa shape index (κ1) is 15.8. The summed E-state index contributed by atoms with van der Waals surface area (Å²) in [6.07, 6.45) is 2.19. The molecule has 0 aliphatic heterocycles. The van der Waals surface area contributed by atoms with E-state index in [2.05, 4.69) is 15.2 Å². The van der Waals surface area contributed by atoms with Crippen molar-refractivity contribution in [3.8, 4) is 28.4 Å². The second kappa shape index (κ2) is 6.57. The number of ether oxygens (including phenoxy) is 1. The fourth-order valence-electron chi connectivity index (χ4n) is 2.44. The van der Waals surface area contributed by atoms with Crippen LogP contribution in [-0.4, -0.2) is 32.6 Å². The molecule has 0 spiro atoms. The summed E-state index contributed by atoms with van der Waals surface area (Å²) in [6, 6.07) is 7.72. The Labute approximate surface area is 137 Å². The van der Waals surface area contributed by atoms with Gasteiger partial charge in [-0.3, -0.25) is 4.79 Å². The van der Waals surface area contributed by atoms with E-state index in [0.717, 1.165) is 0 Å². The Bertz CT molecular complexity index is 892. The lowest BCUT2D eigenvalue weighted by molar-refractivity contribution is 0.111. The van der Waals surface area contributed by atoms with Gasteiger partial charge in [0.05, 0.1) is 6.61 Å². The van der Waals surface area contributed by atoms with Gasteiger partial charge in [-0.2, -0.15) is 0 Å². The van der Waals surface area contributed by atoms with Crippen LogP contribution in [0.15, 0.2) is 36.7 Å².